The number of Topliss-reactive ketones (excluding diaryl/α,β-unsaturated/α-hetero) is 1. The first kappa shape index (κ1) is 14.4. The maximum atomic E-state index is 11.4. The molecule has 0 saturated heterocycles. The second-order valence-electron chi connectivity index (χ2n) is 3.63. The summed E-state index contributed by atoms with van der Waals surface area (Å²) < 4.78 is 0. The summed E-state index contributed by atoms with van der Waals surface area (Å²) in [5.41, 5.74) is 0.394. The number of aliphatic hydroxyl groups excluding tert-OH is 1. The molecule has 0 fully saturated rings. The third kappa shape index (κ3) is 2.75. The highest BCUT2D eigenvalue weighted by Gasteiger charge is 2.27. The Morgan fingerprint density at radius 3 is 2.50 bits per heavy atom. The second-order valence-corrected chi connectivity index (χ2v) is 4.55. The number of nitrogens with zero attached hydrogens (tertiary/aromatic N) is 1. The lowest BCUT2D eigenvalue weighted by atomic mass is 9.94. The first-order valence-corrected chi connectivity index (χ1v) is 5.90. The first-order valence-electron chi connectivity index (χ1n) is 4.98. The number of carbonyl (C=O) groups excluding carboxylic acids is 1. The highest BCUT2D eigenvalue weighted by Crippen LogP contribution is 2.33. The number of hydrogen-bond donors (Lipinski definition) is 2. The molecule has 6 heteroatoms. The number of carbonyl (C=O) groups is 2. The Morgan fingerprint density at radius 2 is 2.06 bits per heavy atom. The van der Waals surface area contributed by atoms with Gasteiger partial charge in [0.25, 0.3) is 0 Å². The van der Waals surface area contributed by atoms with E-state index >= 15 is 0 Å². The Balaban J connectivity index is 3.48. The van der Waals surface area contributed by atoms with Crippen molar-refractivity contribution in [2.45, 2.75) is 17.9 Å². The van der Waals surface area contributed by atoms with Gasteiger partial charge in [0.15, 0.2) is 6.10 Å². The Morgan fingerprint density at radius 1 is 1.44 bits per heavy atom. The molecule has 0 heterocycles. The van der Waals surface area contributed by atoms with E-state index in [1.54, 1.807) is 0 Å². The summed E-state index contributed by atoms with van der Waals surface area (Å²) >= 11 is 3.11. The first-order chi connectivity index (χ1) is 8.40. The summed E-state index contributed by atoms with van der Waals surface area (Å²) in [5.74, 6) is -1.72. The van der Waals surface area contributed by atoms with Gasteiger partial charge < -0.3 is 10.2 Å². The predicted octanol–water partition coefficient (Wildman–Crippen LogP) is 1.70. The highest BCUT2D eigenvalue weighted by molar-refractivity contribution is 9.09. The van der Waals surface area contributed by atoms with Gasteiger partial charge in [0.05, 0.1) is 16.5 Å². The molecular weight excluding hydrogens is 302 g/mol. The molecule has 0 aliphatic carbocycles. The van der Waals surface area contributed by atoms with E-state index in [1.165, 1.54) is 25.1 Å². The Kier molecular flexibility index (Phi) is 4.59. The van der Waals surface area contributed by atoms with Crippen molar-refractivity contribution in [3.05, 3.63) is 34.9 Å². The maximum Gasteiger partial charge on any atom is 0.337 e. The summed E-state index contributed by atoms with van der Waals surface area (Å²) in [6.07, 6.45) is -1.77. The number of halogens is 1. The molecule has 0 aliphatic heterocycles. The van der Waals surface area contributed by atoms with E-state index in [-0.39, 0.29) is 22.5 Å². The van der Waals surface area contributed by atoms with Crippen molar-refractivity contribution in [1.29, 1.82) is 5.26 Å². The van der Waals surface area contributed by atoms with Crippen LogP contribution in [0.5, 0.6) is 0 Å². The largest absolute Gasteiger partial charge is 0.479 e. The predicted molar refractivity (Wildman–Crippen MR) is 66.1 cm³/mol. The molecule has 0 amide bonds. The van der Waals surface area contributed by atoms with E-state index in [2.05, 4.69) is 15.9 Å². The van der Waals surface area contributed by atoms with Gasteiger partial charge in [-0.15, -0.1) is 0 Å². The van der Waals surface area contributed by atoms with Crippen molar-refractivity contribution < 1.29 is 19.8 Å². The van der Waals surface area contributed by atoms with Gasteiger partial charge in [0.2, 0.25) is 0 Å². The van der Waals surface area contributed by atoms with Crippen LogP contribution in [-0.2, 0) is 9.59 Å². The van der Waals surface area contributed by atoms with Gasteiger partial charge in [-0.2, -0.15) is 5.26 Å². The third-order valence-electron chi connectivity index (χ3n) is 2.40. The van der Waals surface area contributed by atoms with E-state index < -0.39 is 16.9 Å². The fraction of sp³-hybridized carbons (Fsp3) is 0.250. The Labute approximate surface area is 112 Å². The van der Waals surface area contributed by atoms with Crippen LogP contribution in [0.4, 0.5) is 0 Å². The van der Waals surface area contributed by atoms with Crippen LogP contribution < -0.4 is 0 Å². The number of carboxylic acid groups (broad SMARTS) is 1. The van der Waals surface area contributed by atoms with E-state index in [0.29, 0.717) is 0 Å². The minimum absolute atomic E-state index is 0.0404. The van der Waals surface area contributed by atoms with Gasteiger partial charge in [-0.25, -0.2) is 4.79 Å². The zero-order chi connectivity index (χ0) is 13.9. The molecular formula is C12H10BrNO4. The van der Waals surface area contributed by atoms with E-state index in [9.17, 15) is 14.7 Å². The number of hydrogen-bond acceptors (Lipinski definition) is 4. The number of rotatable bonds is 4. The van der Waals surface area contributed by atoms with Crippen LogP contribution in [0.1, 0.15) is 34.5 Å². The molecule has 0 radical (unpaired) electrons. The highest BCUT2D eigenvalue weighted by atomic mass is 79.9. The Hall–Kier alpha value is -1.71. The SMILES string of the molecule is CC(=O)C(Br)c1c(C#N)cccc1C(O)C(=O)O. The third-order valence-corrected chi connectivity index (χ3v) is 3.50. The van der Waals surface area contributed by atoms with Crippen LogP contribution in [0.2, 0.25) is 0 Å². The fourth-order valence-corrected chi connectivity index (χ4v) is 2.05. The molecule has 1 aromatic carbocycles. The van der Waals surface area contributed by atoms with Gasteiger partial charge >= 0.3 is 5.97 Å². The van der Waals surface area contributed by atoms with Crippen LogP contribution >= 0.6 is 15.9 Å². The van der Waals surface area contributed by atoms with Crippen LogP contribution in [0.3, 0.4) is 0 Å². The maximum absolute atomic E-state index is 11.4. The van der Waals surface area contributed by atoms with Crippen LogP contribution in [0, 0.1) is 11.3 Å². The van der Waals surface area contributed by atoms with Crippen molar-refractivity contribution >= 4 is 27.7 Å². The zero-order valence-electron chi connectivity index (χ0n) is 9.42. The molecule has 2 unspecified atom stereocenters. The van der Waals surface area contributed by atoms with Gasteiger partial charge in [0.1, 0.15) is 5.78 Å². The van der Waals surface area contributed by atoms with Crippen LogP contribution in [0.25, 0.3) is 0 Å². The number of aliphatic carboxylic acids is 1. The molecule has 1 rings (SSSR count). The monoisotopic (exact) mass is 311 g/mol. The molecule has 0 aromatic heterocycles. The molecule has 18 heavy (non-hydrogen) atoms. The lowest BCUT2D eigenvalue weighted by Crippen LogP contribution is -2.16. The van der Waals surface area contributed by atoms with Crippen molar-refractivity contribution in [2.75, 3.05) is 0 Å². The molecule has 5 nitrogen and oxygen atoms in total. The summed E-state index contributed by atoms with van der Waals surface area (Å²) in [5, 5.41) is 27.4. The molecule has 2 atom stereocenters. The van der Waals surface area contributed by atoms with Crippen molar-refractivity contribution in [2.24, 2.45) is 0 Å². The number of benzene rings is 1. The number of nitriles is 1. The molecule has 0 aliphatic rings. The zero-order valence-corrected chi connectivity index (χ0v) is 11.0. The molecule has 0 bridgehead atoms. The summed E-state index contributed by atoms with van der Waals surface area (Å²) in [6, 6.07) is 6.19. The van der Waals surface area contributed by atoms with Crippen LogP contribution in [0.15, 0.2) is 18.2 Å². The van der Waals surface area contributed by atoms with Gasteiger partial charge in [-0.05, 0) is 24.1 Å². The summed E-state index contributed by atoms with van der Waals surface area (Å²) in [7, 11) is 0. The van der Waals surface area contributed by atoms with E-state index in [4.69, 9.17) is 10.4 Å². The number of aliphatic hydroxyl groups is 1. The minimum atomic E-state index is -1.77. The number of carboxylic acids is 1. The van der Waals surface area contributed by atoms with Crippen LogP contribution in [-0.4, -0.2) is 22.0 Å². The topological polar surface area (TPSA) is 98.4 Å². The van der Waals surface area contributed by atoms with Gasteiger partial charge in [-0.3, -0.25) is 4.79 Å². The van der Waals surface area contributed by atoms with E-state index in [1.807, 2.05) is 6.07 Å². The van der Waals surface area contributed by atoms with E-state index in [0.717, 1.165) is 0 Å². The van der Waals surface area contributed by atoms with Crippen molar-refractivity contribution in [3.63, 3.8) is 0 Å². The lowest BCUT2D eigenvalue weighted by Gasteiger charge is -2.16. The molecule has 0 spiro atoms. The molecule has 0 saturated carbocycles. The Bertz CT molecular complexity index is 535. The lowest BCUT2D eigenvalue weighted by molar-refractivity contribution is -0.147. The summed E-state index contributed by atoms with van der Waals surface area (Å²) in [4.78, 5) is 21.4. The average molecular weight is 312 g/mol. The van der Waals surface area contributed by atoms with Gasteiger partial charge in [-0.1, -0.05) is 28.1 Å². The van der Waals surface area contributed by atoms with Crippen molar-refractivity contribution in [3.8, 4) is 6.07 Å². The van der Waals surface area contributed by atoms with Crippen molar-refractivity contribution in [1.82, 2.24) is 0 Å². The quantitative estimate of drug-likeness (QED) is 0.825. The number of alkyl halides is 1. The minimum Gasteiger partial charge on any atom is -0.479 e. The molecule has 2 N–H and O–H groups in total. The molecule has 94 valence electrons. The summed E-state index contributed by atoms with van der Waals surface area (Å²) in [6.45, 7) is 1.31. The normalized spacial score (nSPS) is 13.4. The number of ketones is 1. The van der Waals surface area contributed by atoms with Gasteiger partial charge in [0, 0.05) is 0 Å². The standard InChI is InChI=1S/C12H10BrNO4/c1-6(15)10(13)9-7(5-14)3-2-4-8(9)11(16)12(17)18/h2-4,10-11,16H,1H3,(H,17,18). The second kappa shape index (κ2) is 5.76. The average Bonchev–Trinajstić information content (AvgIpc) is 2.35. The smallest absolute Gasteiger partial charge is 0.337 e. The molecule has 1 aromatic rings. The fourth-order valence-electron chi connectivity index (χ4n) is 1.54.